The van der Waals surface area contributed by atoms with Gasteiger partial charge in [0.25, 0.3) is 21.0 Å². The summed E-state index contributed by atoms with van der Waals surface area (Å²) in [7, 11) is -11.1. The Morgan fingerprint density at radius 1 is 0.485 bits per heavy atom. The summed E-state index contributed by atoms with van der Waals surface area (Å²) in [5.41, 5.74) is 4.59. The predicted octanol–water partition coefficient (Wildman–Crippen LogP) is 10.7. The molecule has 0 spiro atoms. The molecule has 12 rings (SSSR count). The van der Waals surface area contributed by atoms with Gasteiger partial charge in [-0.15, -0.1) is 7.77 Å². The third-order valence-corrected chi connectivity index (χ3v) is 19.1. The summed E-state index contributed by atoms with van der Waals surface area (Å²) in [5.74, 6) is -1.03. The molecule has 0 aromatic heterocycles. The Morgan fingerprint density at radius 3 is 0.980 bits per heavy atom. The standard InChI is InChI=1S/2C24H25O2S.2C9H9FO5.6CH4.2FHO3S.Na/c2*1-4-25-15-16-26-24-19(2)17-23(18-20(24)3)27(21-11-7-5-8-12-21)22-13-9-6-10-14-22;2*10-2-5(11)14-7-4-1-3-6(13-4)8(7)15-9(3)12;;;;;;;2*1-5(2,3)4;/h2*4-14,17-18H,1,15-16H2,2-3H3;2*3-4,6-8H,1-2H2;6*1H4;2*(H,2,3,4);/q2*+1;;;;;;;;;;;+1/p-2. The van der Waals surface area contributed by atoms with Crippen molar-refractivity contribution in [3.63, 3.8) is 0 Å². The maximum absolute atomic E-state index is 12.0. The van der Waals surface area contributed by atoms with Gasteiger partial charge in [-0.3, -0.25) is 9.59 Å². The molecule has 6 heterocycles. The van der Waals surface area contributed by atoms with Crippen molar-refractivity contribution in [3.8, 4) is 11.5 Å². The normalized spacial score (nSPS) is 20.4. The first-order chi connectivity index (χ1) is 44.8. The molecule has 0 N–H and O–H groups in total. The Kier molecular flexibility index (Phi) is 41.5. The Hall–Kier alpha value is -6.96. The van der Waals surface area contributed by atoms with Crippen molar-refractivity contribution in [2.24, 2.45) is 11.8 Å². The summed E-state index contributed by atoms with van der Waals surface area (Å²) in [4.78, 5) is 52.0. The molecule has 10 unspecified atom stereocenters. The zero-order chi connectivity index (χ0) is 68.3. The minimum atomic E-state index is -5.42. The molecule has 101 heavy (non-hydrogen) atoms. The number of esters is 4. The van der Waals surface area contributed by atoms with E-state index >= 15 is 0 Å². The quantitative estimate of drug-likeness (QED) is 0.00790. The molecule has 6 aromatic carbocycles. The molecule has 6 aliphatic heterocycles. The van der Waals surface area contributed by atoms with Gasteiger partial charge in [0.15, 0.2) is 67.1 Å². The molecule has 29 heteroatoms. The molecule has 6 aliphatic rings. The van der Waals surface area contributed by atoms with Crippen LogP contribution in [0.4, 0.5) is 16.6 Å². The Balaban J connectivity index is 0.00000126. The van der Waals surface area contributed by atoms with E-state index < -0.39 is 70.7 Å². The van der Waals surface area contributed by atoms with Gasteiger partial charge in [0.2, 0.25) is 0 Å². The van der Waals surface area contributed by atoms with Crippen LogP contribution in [0.3, 0.4) is 0 Å². The molecular weight excluding hydrogens is 1410 g/mol. The van der Waals surface area contributed by atoms with E-state index in [-0.39, 0.29) is 144 Å². The van der Waals surface area contributed by atoms with E-state index in [0.717, 1.165) is 33.8 Å². The van der Waals surface area contributed by atoms with Gasteiger partial charge in [-0.2, -0.15) is 0 Å². The van der Waals surface area contributed by atoms with E-state index in [2.05, 4.69) is 186 Å². The van der Waals surface area contributed by atoms with E-state index in [1.165, 1.54) is 41.9 Å². The fourth-order valence-corrected chi connectivity index (χ4v) is 15.8. The third-order valence-electron chi connectivity index (χ3n) is 14.7. The number of fused-ring (bicyclic) bond motifs is 2. The number of aryl methyl sites for hydroxylation is 4. The number of hydrogen-bond acceptors (Lipinski definition) is 20. The van der Waals surface area contributed by atoms with E-state index in [4.69, 9.17) is 73.3 Å². The zero-order valence-electron chi connectivity index (χ0n) is 52.2. The van der Waals surface area contributed by atoms with E-state index in [9.17, 15) is 35.7 Å². The number of alkyl halides is 2. The average molecular weight is 1500 g/mol. The second-order valence-electron chi connectivity index (χ2n) is 21.1. The molecule has 0 amide bonds. The SMILES string of the molecule is C.C.C.C.C.C.C=COCCOc1c(C)cc([S+](c2ccccc2)c2ccccc2)cc1C.C=COCCOc1c(C)cc([S+](c2ccccc2)c2ccccc2)cc1C.O=C(CF)OC1C2CC3C(=O)OC1C3O2.O=C(CF)OC1C2CC3C(=O)OC1C3O2.O=S(=O)([O-])F.O=S(=O)([O-])F.[Na+]. The van der Waals surface area contributed by atoms with Gasteiger partial charge in [0.1, 0.15) is 50.1 Å². The van der Waals surface area contributed by atoms with Crippen molar-refractivity contribution in [2.45, 2.75) is 163 Å². The van der Waals surface area contributed by atoms with Crippen molar-refractivity contribution >= 4 is 66.7 Å². The maximum atomic E-state index is 12.0. The average Bonchev–Trinajstić information content (AvgIpc) is 1.59. The molecule has 0 aliphatic carbocycles. The molecule has 20 nitrogen and oxygen atoms in total. The summed E-state index contributed by atoms with van der Waals surface area (Å²) in [6, 6.07) is 51.8. The minimum Gasteiger partial charge on any atom is -0.722 e. The summed E-state index contributed by atoms with van der Waals surface area (Å²) in [6.07, 6.45) is 0.345. The largest absolute Gasteiger partial charge is 1.00 e. The van der Waals surface area contributed by atoms with E-state index in [0.29, 0.717) is 39.3 Å². The molecule has 0 radical (unpaired) electrons. The van der Waals surface area contributed by atoms with Gasteiger partial charge >= 0.3 is 53.4 Å². The second-order valence-corrected chi connectivity index (χ2v) is 26.8. The number of benzene rings is 6. The first-order valence-corrected chi connectivity index (χ1v) is 34.0. The number of carbonyl (C=O) groups is 4. The van der Waals surface area contributed by atoms with Crippen LogP contribution in [-0.2, 0) is 99.9 Å². The van der Waals surface area contributed by atoms with Gasteiger partial charge < -0.3 is 56.5 Å². The fraction of sp³-hybridized carbons (Fsp3) is 0.389. The Morgan fingerprint density at radius 2 is 0.743 bits per heavy atom. The van der Waals surface area contributed by atoms with Crippen LogP contribution in [0, 0.1) is 39.5 Å². The van der Waals surface area contributed by atoms with E-state index in [1.54, 1.807) is 0 Å². The second kappa shape index (κ2) is 44.5. The van der Waals surface area contributed by atoms with Crippen LogP contribution in [-0.4, -0.2) is 138 Å². The summed E-state index contributed by atoms with van der Waals surface area (Å²) in [6.45, 7) is 15.2. The zero-order valence-corrected chi connectivity index (χ0v) is 57.4. The fourth-order valence-electron chi connectivity index (χ4n) is 11.2. The van der Waals surface area contributed by atoms with Crippen LogP contribution in [0.25, 0.3) is 0 Å². The monoisotopic (exact) mass is 1500 g/mol. The number of halogens is 4. The minimum absolute atomic E-state index is 0. The van der Waals surface area contributed by atoms with Crippen LogP contribution >= 0.6 is 0 Å². The van der Waals surface area contributed by atoms with Crippen molar-refractivity contribution in [1.29, 1.82) is 0 Å². The predicted molar refractivity (Wildman–Crippen MR) is 372 cm³/mol. The molecule has 552 valence electrons. The number of hydrogen-bond donors (Lipinski definition) is 0. The smallest absolute Gasteiger partial charge is 0.722 e. The molecule has 4 bridgehead atoms. The van der Waals surface area contributed by atoms with Crippen molar-refractivity contribution in [2.75, 3.05) is 39.8 Å². The summed E-state index contributed by atoms with van der Waals surface area (Å²) < 4.78 is 147. The first kappa shape index (κ1) is 94.0. The van der Waals surface area contributed by atoms with Crippen LogP contribution in [0.2, 0.25) is 0 Å². The topological polar surface area (TPSA) is 275 Å². The van der Waals surface area contributed by atoms with Crippen LogP contribution in [0.15, 0.2) is 201 Å². The molecule has 0 saturated carbocycles. The molecule has 6 aromatic rings. The van der Waals surface area contributed by atoms with Gasteiger partial charge in [-0.25, -0.2) is 35.2 Å². The van der Waals surface area contributed by atoms with Crippen molar-refractivity contribution in [3.05, 3.63) is 194 Å². The Labute approximate surface area is 620 Å². The maximum Gasteiger partial charge on any atom is 1.00 e. The molecule has 6 saturated heterocycles. The summed E-state index contributed by atoms with van der Waals surface area (Å²) >= 11 is 0. The van der Waals surface area contributed by atoms with Gasteiger partial charge in [0.05, 0.1) is 58.4 Å². The molecule has 6 fully saturated rings. The van der Waals surface area contributed by atoms with E-state index in [1.807, 2.05) is 0 Å². The third kappa shape index (κ3) is 27.0. The van der Waals surface area contributed by atoms with Crippen molar-refractivity contribution in [1.82, 2.24) is 0 Å². The van der Waals surface area contributed by atoms with Crippen molar-refractivity contribution < 1.29 is 139 Å². The van der Waals surface area contributed by atoms with Crippen LogP contribution in [0.1, 0.15) is 79.7 Å². The van der Waals surface area contributed by atoms with Gasteiger partial charge in [-0.1, -0.05) is 131 Å². The number of ether oxygens (including phenoxy) is 10. The van der Waals surface area contributed by atoms with Crippen LogP contribution < -0.4 is 39.0 Å². The van der Waals surface area contributed by atoms with Gasteiger partial charge in [0, 0.05) is 24.3 Å². The number of rotatable bonds is 20. The first-order valence-electron chi connectivity index (χ1n) is 29.0. The summed E-state index contributed by atoms with van der Waals surface area (Å²) in [5, 5.41) is 0. The molecular formula is C72H92F4NaO20S4+. The van der Waals surface area contributed by atoms with Crippen LogP contribution in [0.5, 0.6) is 11.5 Å². The number of carbonyl (C=O) groups excluding carboxylic acids is 4. The van der Waals surface area contributed by atoms with Gasteiger partial charge in [-0.05, 0) is 111 Å². The molecule has 10 atom stereocenters. The Bertz CT molecular complexity index is 3390.